The quantitative estimate of drug-likeness (QED) is 0.799. The molecule has 2 N–H and O–H groups in total. The number of hydrogen-bond acceptors (Lipinski definition) is 4. The van der Waals surface area contributed by atoms with Crippen LogP contribution in [0.3, 0.4) is 0 Å². The van der Waals surface area contributed by atoms with Crippen LogP contribution in [-0.2, 0) is 0 Å². The second-order valence-electron chi connectivity index (χ2n) is 4.66. The van der Waals surface area contributed by atoms with Crippen LogP contribution in [0.15, 0.2) is 59.1 Å². The van der Waals surface area contributed by atoms with Crippen molar-refractivity contribution < 1.29 is 8.91 Å². The van der Waals surface area contributed by atoms with Gasteiger partial charge >= 0.3 is 0 Å². The van der Waals surface area contributed by atoms with Crippen LogP contribution in [0, 0.1) is 5.82 Å². The molecule has 5 heteroatoms. The van der Waals surface area contributed by atoms with Crippen LogP contribution in [0.25, 0.3) is 11.4 Å². The van der Waals surface area contributed by atoms with Crippen molar-refractivity contribution in [2.45, 2.75) is 5.92 Å². The monoisotopic (exact) mass is 283 g/mol. The van der Waals surface area contributed by atoms with E-state index in [1.54, 1.807) is 12.1 Å². The van der Waals surface area contributed by atoms with E-state index >= 15 is 0 Å². The molecule has 1 heterocycles. The molecule has 106 valence electrons. The zero-order valence-corrected chi connectivity index (χ0v) is 11.2. The molecule has 2 aromatic carbocycles. The van der Waals surface area contributed by atoms with Gasteiger partial charge in [0.1, 0.15) is 5.82 Å². The number of hydrogen-bond donors (Lipinski definition) is 1. The fourth-order valence-corrected chi connectivity index (χ4v) is 2.16. The minimum Gasteiger partial charge on any atom is -0.338 e. The highest BCUT2D eigenvalue weighted by molar-refractivity contribution is 5.53. The largest absolute Gasteiger partial charge is 0.338 e. The molecule has 1 unspecified atom stereocenters. The summed E-state index contributed by atoms with van der Waals surface area (Å²) in [4.78, 5) is 4.38. The molecule has 0 spiro atoms. The first kappa shape index (κ1) is 13.5. The first-order chi connectivity index (χ1) is 10.3. The molecule has 0 saturated carbocycles. The van der Waals surface area contributed by atoms with Crippen molar-refractivity contribution in [2.75, 3.05) is 6.54 Å². The Morgan fingerprint density at radius 1 is 1.05 bits per heavy atom. The summed E-state index contributed by atoms with van der Waals surface area (Å²) in [5, 5.41) is 3.95. The van der Waals surface area contributed by atoms with Gasteiger partial charge in [-0.15, -0.1) is 0 Å². The first-order valence-corrected chi connectivity index (χ1v) is 6.62. The lowest BCUT2D eigenvalue weighted by Crippen LogP contribution is -2.14. The normalized spacial score (nSPS) is 12.3. The van der Waals surface area contributed by atoms with Crippen LogP contribution in [-0.4, -0.2) is 16.7 Å². The molecule has 1 aromatic heterocycles. The molecular formula is C16H14FN3O. The van der Waals surface area contributed by atoms with Crippen molar-refractivity contribution in [1.82, 2.24) is 10.1 Å². The third kappa shape index (κ3) is 2.83. The van der Waals surface area contributed by atoms with Crippen molar-refractivity contribution in [1.29, 1.82) is 0 Å². The molecule has 1 atom stereocenters. The van der Waals surface area contributed by atoms with E-state index in [2.05, 4.69) is 10.1 Å². The summed E-state index contributed by atoms with van der Waals surface area (Å²) < 4.78 is 18.3. The van der Waals surface area contributed by atoms with Crippen molar-refractivity contribution in [3.8, 4) is 11.4 Å². The van der Waals surface area contributed by atoms with Gasteiger partial charge in [-0.2, -0.15) is 4.98 Å². The van der Waals surface area contributed by atoms with Crippen molar-refractivity contribution in [2.24, 2.45) is 5.73 Å². The Labute approximate surface area is 121 Å². The minimum absolute atomic E-state index is 0.145. The Hall–Kier alpha value is -2.53. The third-order valence-electron chi connectivity index (χ3n) is 3.28. The molecule has 3 rings (SSSR count). The molecule has 3 aromatic rings. The predicted octanol–water partition coefficient (Wildman–Crippen LogP) is 2.97. The molecule has 0 fully saturated rings. The van der Waals surface area contributed by atoms with Gasteiger partial charge < -0.3 is 10.3 Å². The van der Waals surface area contributed by atoms with Crippen molar-refractivity contribution in [3.05, 3.63) is 71.9 Å². The van der Waals surface area contributed by atoms with Crippen LogP contribution < -0.4 is 5.73 Å². The highest BCUT2D eigenvalue weighted by atomic mass is 19.1. The summed E-state index contributed by atoms with van der Waals surface area (Å²) in [7, 11) is 0. The molecule has 0 aliphatic heterocycles. The van der Waals surface area contributed by atoms with E-state index in [0.717, 1.165) is 5.56 Å². The van der Waals surface area contributed by atoms with E-state index in [-0.39, 0.29) is 11.7 Å². The van der Waals surface area contributed by atoms with E-state index < -0.39 is 0 Å². The topological polar surface area (TPSA) is 64.9 Å². The van der Waals surface area contributed by atoms with Crippen LogP contribution in [0.5, 0.6) is 0 Å². The molecule has 0 aliphatic rings. The van der Waals surface area contributed by atoms with Gasteiger partial charge in [0.25, 0.3) is 0 Å². The average Bonchev–Trinajstić information content (AvgIpc) is 2.99. The smallest absolute Gasteiger partial charge is 0.235 e. The molecule has 0 radical (unpaired) electrons. The highest BCUT2D eigenvalue weighted by Crippen LogP contribution is 2.24. The maximum Gasteiger partial charge on any atom is 0.235 e. The molecule has 0 saturated heterocycles. The lowest BCUT2D eigenvalue weighted by atomic mass is 9.99. The second-order valence-corrected chi connectivity index (χ2v) is 4.66. The number of nitrogens with zero attached hydrogens (tertiary/aromatic N) is 2. The predicted molar refractivity (Wildman–Crippen MR) is 77.0 cm³/mol. The molecular weight excluding hydrogens is 269 g/mol. The molecule has 0 aliphatic carbocycles. The standard InChI is InChI=1S/C16H14FN3O/c17-13-8-6-12(7-9-13)15-19-16(21-20-15)14(10-18)11-4-2-1-3-5-11/h1-9,14H,10,18H2. The van der Waals surface area contributed by atoms with E-state index in [0.29, 0.717) is 23.8 Å². The fourth-order valence-electron chi connectivity index (χ4n) is 2.16. The van der Waals surface area contributed by atoms with E-state index in [1.807, 2.05) is 30.3 Å². The molecule has 0 amide bonds. The van der Waals surface area contributed by atoms with Crippen LogP contribution in [0.4, 0.5) is 4.39 Å². The Morgan fingerprint density at radius 2 is 1.76 bits per heavy atom. The highest BCUT2D eigenvalue weighted by Gasteiger charge is 2.20. The van der Waals surface area contributed by atoms with Gasteiger partial charge in [-0.05, 0) is 29.8 Å². The van der Waals surface area contributed by atoms with Crippen LogP contribution in [0.1, 0.15) is 17.4 Å². The van der Waals surface area contributed by atoms with E-state index in [4.69, 9.17) is 10.3 Å². The summed E-state index contributed by atoms with van der Waals surface area (Å²) >= 11 is 0. The summed E-state index contributed by atoms with van der Waals surface area (Å²) in [5.74, 6) is 0.446. The zero-order valence-electron chi connectivity index (χ0n) is 11.2. The second kappa shape index (κ2) is 5.85. The maximum atomic E-state index is 12.9. The van der Waals surface area contributed by atoms with Crippen molar-refractivity contribution >= 4 is 0 Å². The Bertz CT molecular complexity index is 710. The van der Waals surface area contributed by atoms with E-state index in [1.165, 1.54) is 12.1 Å². The van der Waals surface area contributed by atoms with Gasteiger partial charge in [-0.3, -0.25) is 0 Å². The number of aromatic nitrogens is 2. The van der Waals surface area contributed by atoms with Gasteiger partial charge in [0.05, 0.1) is 5.92 Å². The third-order valence-corrected chi connectivity index (χ3v) is 3.28. The number of halogens is 1. The Balaban J connectivity index is 1.92. The zero-order chi connectivity index (χ0) is 14.7. The van der Waals surface area contributed by atoms with Gasteiger partial charge in [-0.25, -0.2) is 4.39 Å². The van der Waals surface area contributed by atoms with Crippen molar-refractivity contribution in [3.63, 3.8) is 0 Å². The minimum atomic E-state index is -0.299. The molecule has 0 bridgehead atoms. The summed E-state index contributed by atoms with van der Waals surface area (Å²) in [6.45, 7) is 0.370. The Kier molecular flexibility index (Phi) is 3.75. The van der Waals surface area contributed by atoms with Crippen LogP contribution >= 0.6 is 0 Å². The van der Waals surface area contributed by atoms with Gasteiger partial charge in [-0.1, -0.05) is 35.5 Å². The number of nitrogens with two attached hydrogens (primary N) is 1. The average molecular weight is 283 g/mol. The lowest BCUT2D eigenvalue weighted by Gasteiger charge is -2.09. The lowest BCUT2D eigenvalue weighted by molar-refractivity contribution is 0.367. The van der Waals surface area contributed by atoms with Crippen LogP contribution in [0.2, 0.25) is 0 Å². The first-order valence-electron chi connectivity index (χ1n) is 6.62. The molecule has 4 nitrogen and oxygen atoms in total. The maximum absolute atomic E-state index is 12.9. The summed E-state index contributed by atoms with van der Waals surface area (Å²) in [5.41, 5.74) is 7.55. The number of rotatable bonds is 4. The molecule has 21 heavy (non-hydrogen) atoms. The number of benzene rings is 2. The fraction of sp³-hybridized carbons (Fsp3) is 0.125. The van der Waals surface area contributed by atoms with E-state index in [9.17, 15) is 4.39 Å². The SMILES string of the molecule is NCC(c1ccccc1)c1nc(-c2ccc(F)cc2)no1. The Morgan fingerprint density at radius 3 is 2.43 bits per heavy atom. The van der Waals surface area contributed by atoms with Gasteiger partial charge in [0.2, 0.25) is 11.7 Å². The van der Waals surface area contributed by atoms with Gasteiger partial charge in [0, 0.05) is 12.1 Å². The van der Waals surface area contributed by atoms with Gasteiger partial charge in [0.15, 0.2) is 0 Å². The summed E-state index contributed by atoms with van der Waals surface area (Å²) in [6.07, 6.45) is 0. The summed E-state index contributed by atoms with van der Waals surface area (Å²) in [6, 6.07) is 15.7.